The summed E-state index contributed by atoms with van der Waals surface area (Å²) in [7, 11) is 0. The molecule has 0 saturated heterocycles. The molecule has 1 aromatic rings. The second kappa shape index (κ2) is 6.70. The Labute approximate surface area is 115 Å². The van der Waals surface area contributed by atoms with Crippen LogP contribution in [-0.2, 0) is 0 Å². The summed E-state index contributed by atoms with van der Waals surface area (Å²) in [5.74, 6) is 1.44. The smallest absolute Gasteiger partial charge is 0.224 e. The van der Waals surface area contributed by atoms with E-state index in [-0.39, 0.29) is 18.1 Å². The van der Waals surface area contributed by atoms with E-state index < -0.39 is 0 Å². The van der Waals surface area contributed by atoms with E-state index in [1.165, 1.54) is 0 Å². The fourth-order valence-corrected chi connectivity index (χ4v) is 1.91. The van der Waals surface area contributed by atoms with Gasteiger partial charge in [-0.2, -0.15) is 4.98 Å². The van der Waals surface area contributed by atoms with Crippen molar-refractivity contribution in [3.63, 3.8) is 0 Å². The van der Waals surface area contributed by atoms with E-state index in [1.807, 2.05) is 19.9 Å². The van der Waals surface area contributed by atoms with Crippen molar-refractivity contribution in [1.82, 2.24) is 9.97 Å². The number of aliphatic hydroxyl groups excluding tert-OH is 1. The zero-order chi connectivity index (χ0) is 14.5. The molecule has 3 N–H and O–H groups in total. The maximum absolute atomic E-state index is 9.19. The summed E-state index contributed by atoms with van der Waals surface area (Å²) in [6.07, 6.45) is 0.698. The highest BCUT2D eigenvalue weighted by atomic mass is 16.3. The summed E-state index contributed by atoms with van der Waals surface area (Å²) in [6, 6.07) is 2.10. The number of hydrogen-bond acceptors (Lipinski definition) is 5. The summed E-state index contributed by atoms with van der Waals surface area (Å²) in [4.78, 5) is 8.77. The predicted molar refractivity (Wildman–Crippen MR) is 79.5 cm³/mol. The van der Waals surface area contributed by atoms with Crippen molar-refractivity contribution in [3.8, 4) is 0 Å². The van der Waals surface area contributed by atoms with Gasteiger partial charge >= 0.3 is 0 Å². The normalized spacial score (nSPS) is 13.2. The third-order valence-corrected chi connectivity index (χ3v) is 2.97. The first-order valence-electron chi connectivity index (χ1n) is 6.83. The van der Waals surface area contributed by atoms with Gasteiger partial charge in [0.05, 0.1) is 0 Å². The number of aromatic nitrogens is 2. The molecule has 0 radical (unpaired) electrons. The highest BCUT2D eigenvalue weighted by Gasteiger charge is 2.24. The van der Waals surface area contributed by atoms with E-state index in [0.717, 1.165) is 18.1 Å². The second-order valence-electron chi connectivity index (χ2n) is 5.82. The van der Waals surface area contributed by atoms with Crippen molar-refractivity contribution in [2.75, 3.05) is 23.8 Å². The third kappa shape index (κ3) is 5.03. The van der Waals surface area contributed by atoms with Gasteiger partial charge in [-0.25, -0.2) is 4.98 Å². The summed E-state index contributed by atoms with van der Waals surface area (Å²) >= 11 is 0. The molecule has 5 heteroatoms. The molecule has 1 heterocycles. The molecule has 0 bridgehead atoms. The van der Waals surface area contributed by atoms with E-state index in [0.29, 0.717) is 12.4 Å². The quantitative estimate of drug-likeness (QED) is 0.737. The first-order valence-corrected chi connectivity index (χ1v) is 6.83. The van der Waals surface area contributed by atoms with Crippen molar-refractivity contribution < 1.29 is 5.11 Å². The maximum Gasteiger partial charge on any atom is 0.224 e. The molecule has 0 saturated carbocycles. The molecule has 1 atom stereocenters. The summed E-state index contributed by atoms with van der Waals surface area (Å²) in [5.41, 5.74) is 0.977. The fourth-order valence-electron chi connectivity index (χ4n) is 1.91. The second-order valence-corrected chi connectivity index (χ2v) is 5.82. The molecule has 0 aliphatic rings. The molecular formula is C14H26N4O. The lowest BCUT2D eigenvalue weighted by Gasteiger charge is -2.31. The molecule has 0 aliphatic heterocycles. The van der Waals surface area contributed by atoms with Crippen LogP contribution in [0.15, 0.2) is 6.07 Å². The minimum atomic E-state index is 0.0555. The lowest BCUT2D eigenvalue weighted by molar-refractivity contribution is 0.235. The van der Waals surface area contributed by atoms with Gasteiger partial charge in [0.15, 0.2) is 0 Å². The van der Waals surface area contributed by atoms with Gasteiger partial charge in [-0.05, 0) is 25.7 Å². The lowest BCUT2D eigenvalue weighted by Crippen LogP contribution is -2.35. The number of rotatable bonds is 6. The molecule has 5 nitrogen and oxygen atoms in total. The highest BCUT2D eigenvalue weighted by molar-refractivity contribution is 5.43. The van der Waals surface area contributed by atoms with Gasteiger partial charge in [0, 0.05) is 31.0 Å². The summed E-state index contributed by atoms with van der Waals surface area (Å²) in [5, 5.41) is 15.7. The zero-order valence-electron chi connectivity index (χ0n) is 12.6. The number of nitrogens with one attached hydrogen (secondary N) is 2. The van der Waals surface area contributed by atoms with Crippen LogP contribution in [0.2, 0.25) is 0 Å². The summed E-state index contributed by atoms with van der Waals surface area (Å²) in [6.45, 7) is 11.4. The number of aliphatic hydroxyl groups is 1. The SMILES string of the molecule is CCNc1nc(C)cc(NC(CCO)C(C)(C)C)n1. The first kappa shape index (κ1) is 15.7. The molecule has 1 unspecified atom stereocenters. The monoisotopic (exact) mass is 266 g/mol. The van der Waals surface area contributed by atoms with Crippen LogP contribution < -0.4 is 10.6 Å². The molecule has 108 valence electrons. The number of aryl methyl sites for hydroxylation is 1. The van der Waals surface area contributed by atoms with Crippen LogP contribution in [0.4, 0.5) is 11.8 Å². The van der Waals surface area contributed by atoms with Gasteiger partial charge < -0.3 is 15.7 Å². The van der Waals surface area contributed by atoms with Gasteiger partial charge in [-0.1, -0.05) is 20.8 Å². The Bertz CT molecular complexity index is 401. The highest BCUT2D eigenvalue weighted by Crippen LogP contribution is 2.25. The Morgan fingerprint density at radius 3 is 2.53 bits per heavy atom. The number of nitrogens with zero attached hydrogens (tertiary/aromatic N) is 2. The van der Waals surface area contributed by atoms with Gasteiger partial charge in [-0.15, -0.1) is 0 Å². The van der Waals surface area contributed by atoms with Crippen molar-refractivity contribution in [2.45, 2.75) is 47.1 Å². The molecule has 0 fully saturated rings. The molecule has 1 rings (SSSR count). The molecule has 19 heavy (non-hydrogen) atoms. The van der Waals surface area contributed by atoms with Crippen LogP contribution in [0.3, 0.4) is 0 Å². The van der Waals surface area contributed by atoms with Gasteiger partial charge in [0.1, 0.15) is 5.82 Å². The molecular weight excluding hydrogens is 240 g/mol. The summed E-state index contributed by atoms with van der Waals surface area (Å²) < 4.78 is 0. The Balaban J connectivity index is 2.89. The number of anilines is 2. The standard InChI is InChI=1S/C14H26N4O/c1-6-15-13-16-10(2)9-12(18-13)17-11(7-8-19)14(3,4)5/h9,11,19H,6-8H2,1-5H3,(H2,15,16,17,18). The predicted octanol–water partition coefficient (Wildman–Crippen LogP) is 2.43. The topological polar surface area (TPSA) is 70.1 Å². The minimum Gasteiger partial charge on any atom is -0.396 e. The van der Waals surface area contributed by atoms with E-state index in [4.69, 9.17) is 0 Å². The van der Waals surface area contributed by atoms with Crippen molar-refractivity contribution in [2.24, 2.45) is 5.41 Å². The molecule has 0 amide bonds. The average molecular weight is 266 g/mol. The van der Waals surface area contributed by atoms with Crippen molar-refractivity contribution in [3.05, 3.63) is 11.8 Å². The Hall–Kier alpha value is -1.36. The van der Waals surface area contributed by atoms with E-state index in [2.05, 4.69) is 41.4 Å². The van der Waals surface area contributed by atoms with Crippen molar-refractivity contribution in [1.29, 1.82) is 0 Å². The van der Waals surface area contributed by atoms with E-state index in [1.54, 1.807) is 0 Å². The first-order chi connectivity index (χ1) is 8.86. The van der Waals surface area contributed by atoms with Crippen LogP contribution in [0.5, 0.6) is 0 Å². The van der Waals surface area contributed by atoms with Crippen LogP contribution in [0.25, 0.3) is 0 Å². The van der Waals surface area contributed by atoms with Crippen LogP contribution >= 0.6 is 0 Å². The van der Waals surface area contributed by atoms with E-state index >= 15 is 0 Å². The van der Waals surface area contributed by atoms with Crippen molar-refractivity contribution >= 4 is 11.8 Å². The van der Waals surface area contributed by atoms with Crippen LogP contribution in [0, 0.1) is 12.3 Å². The molecule has 1 aromatic heterocycles. The average Bonchev–Trinajstić information content (AvgIpc) is 2.27. The zero-order valence-corrected chi connectivity index (χ0v) is 12.6. The number of hydrogen-bond donors (Lipinski definition) is 3. The van der Waals surface area contributed by atoms with Gasteiger partial charge in [-0.3, -0.25) is 0 Å². The Kier molecular flexibility index (Phi) is 5.54. The molecule has 0 aliphatic carbocycles. The minimum absolute atomic E-state index is 0.0555. The Morgan fingerprint density at radius 1 is 1.32 bits per heavy atom. The fraction of sp³-hybridized carbons (Fsp3) is 0.714. The third-order valence-electron chi connectivity index (χ3n) is 2.97. The Morgan fingerprint density at radius 2 is 2.00 bits per heavy atom. The van der Waals surface area contributed by atoms with Gasteiger partial charge in [0.25, 0.3) is 0 Å². The lowest BCUT2D eigenvalue weighted by atomic mass is 9.85. The van der Waals surface area contributed by atoms with E-state index in [9.17, 15) is 5.11 Å². The van der Waals surface area contributed by atoms with Gasteiger partial charge in [0.2, 0.25) is 5.95 Å². The molecule has 0 spiro atoms. The maximum atomic E-state index is 9.19. The van der Waals surface area contributed by atoms with Crippen LogP contribution in [-0.4, -0.2) is 34.3 Å². The van der Waals surface area contributed by atoms with Crippen LogP contribution in [0.1, 0.15) is 39.8 Å². The largest absolute Gasteiger partial charge is 0.396 e. The molecule has 0 aromatic carbocycles.